The number of aromatic nitrogens is 3. The lowest BCUT2D eigenvalue weighted by Gasteiger charge is -2.27. The molecule has 1 aromatic heterocycles. The minimum atomic E-state index is 0.297. The zero-order valence-corrected chi connectivity index (χ0v) is 19.3. The van der Waals surface area contributed by atoms with Crippen molar-refractivity contribution in [3.63, 3.8) is 0 Å². The maximum atomic E-state index is 5.45. The van der Waals surface area contributed by atoms with Crippen LogP contribution in [0.3, 0.4) is 0 Å². The molecule has 0 spiro atoms. The molecule has 11 nitrogen and oxygen atoms in total. The molecule has 1 saturated heterocycles. The molecule has 2 aromatic carbocycles. The Bertz CT molecular complexity index is 1120. The summed E-state index contributed by atoms with van der Waals surface area (Å²) in [6, 6.07) is 13.2. The SMILES string of the molecule is COc1cc(OC)c(OC)cc1/C=N/Nc1nc(Nc2ccccc2)nc(N2CCOCC2)n1. The molecule has 0 bridgehead atoms. The van der Waals surface area contributed by atoms with Crippen LogP contribution in [-0.2, 0) is 4.74 Å². The Kier molecular flexibility index (Phi) is 7.56. The third-order valence-electron chi connectivity index (χ3n) is 5.05. The van der Waals surface area contributed by atoms with Crippen molar-refractivity contribution < 1.29 is 18.9 Å². The number of ether oxygens (including phenoxy) is 4. The fourth-order valence-electron chi connectivity index (χ4n) is 3.34. The quantitative estimate of drug-likeness (QED) is 0.361. The first-order chi connectivity index (χ1) is 16.7. The lowest BCUT2D eigenvalue weighted by molar-refractivity contribution is 0.122. The van der Waals surface area contributed by atoms with Gasteiger partial charge in [-0.05, 0) is 18.2 Å². The third-order valence-corrected chi connectivity index (χ3v) is 5.05. The highest BCUT2D eigenvalue weighted by Gasteiger charge is 2.17. The van der Waals surface area contributed by atoms with Crippen LogP contribution < -0.4 is 29.9 Å². The van der Waals surface area contributed by atoms with Gasteiger partial charge in [0, 0.05) is 30.4 Å². The molecule has 1 aliphatic heterocycles. The van der Waals surface area contributed by atoms with E-state index in [2.05, 4.69) is 30.8 Å². The molecule has 2 N–H and O–H groups in total. The maximum absolute atomic E-state index is 5.45. The number of morpholine rings is 1. The molecule has 0 amide bonds. The Morgan fingerprint density at radius 2 is 1.56 bits per heavy atom. The van der Waals surface area contributed by atoms with Gasteiger partial charge in [0.15, 0.2) is 11.5 Å². The van der Waals surface area contributed by atoms with Crippen molar-refractivity contribution in [2.24, 2.45) is 5.10 Å². The van der Waals surface area contributed by atoms with Gasteiger partial charge in [-0.25, -0.2) is 5.43 Å². The van der Waals surface area contributed by atoms with Gasteiger partial charge < -0.3 is 29.2 Å². The van der Waals surface area contributed by atoms with Crippen LogP contribution in [0.4, 0.5) is 23.5 Å². The predicted octanol–water partition coefficient (Wildman–Crippen LogP) is 2.92. The average molecular weight is 466 g/mol. The van der Waals surface area contributed by atoms with Gasteiger partial charge in [-0.3, -0.25) is 0 Å². The molecular formula is C23H27N7O4. The van der Waals surface area contributed by atoms with E-state index in [1.807, 2.05) is 35.2 Å². The summed E-state index contributed by atoms with van der Waals surface area (Å²) in [6.07, 6.45) is 1.60. The Morgan fingerprint density at radius 1 is 0.882 bits per heavy atom. The van der Waals surface area contributed by atoms with Gasteiger partial charge in [0.1, 0.15) is 5.75 Å². The molecule has 0 aliphatic carbocycles. The van der Waals surface area contributed by atoms with Gasteiger partial charge in [0.2, 0.25) is 17.8 Å². The molecule has 4 rings (SSSR count). The number of benzene rings is 2. The van der Waals surface area contributed by atoms with Gasteiger partial charge in [-0.1, -0.05) is 18.2 Å². The zero-order chi connectivity index (χ0) is 23.8. The minimum absolute atomic E-state index is 0.297. The van der Waals surface area contributed by atoms with E-state index in [-0.39, 0.29) is 0 Å². The Balaban J connectivity index is 1.59. The van der Waals surface area contributed by atoms with Gasteiger partial charge in [0.05, 0.1) is 40.8 Å². The van der Waals surface area contributed by atoms with E-state index in [0.717, 1.165) is 5.69 Å². The second kappa shape index (κ2) is 11.1. The van der Waals surface area contributed by atoms with Gasteiger partial charge >= 0.3 is 0 Å². The summed E-state index contributed by atoms with van der Waals surface area (Å²) in [7, 11) is 4.72. The fourth-order valence-corrected chi connectivity index (χ4v) is 3.34. The molecule has 1 fully saturated rings. The number of hydrazone groups is 1. The van der Waals surface area contributed by atoms with E-state index in [1.165, 1.54) is 0 Å². The van der Waals surface area contributed by atoms with E-state index in [1.54, 1.807) is 39.7 Å². The molecule has 2 heterocycles. The number of methoxy groups -OCH3 is 3. The predicted molar refractivity (Wildman–Crippen MR) is 130 cm³/mol. The van der Waals surface area contributed by atoms with Crippen molar-refractivity contribution in [3.8, 4) is 17.2 Å². The molecule has 0 radical (unpaired) electrons. The van der Waals surface area contributed by atoms with Crippen LogP contribution >= 0.6 is 0 Å². The summed E-state index contributed by atoms with van der Waals surface area (Å²) >= 11 is 0. The van der Waals surface area contributed by atoms with Crippen LogP contribution in [0.5, 0.6) is 17.2 Å². The average Bonchev–Trinajstić information content (AvgIpc) is 2.89. The number of rotatable bonds is 9. The first kappa shape index (κ1) is 23.1. The highest BCUT2D eigenvalue weighted by Crippen LogP contribution is 2.33. The highest BCUT2D eigenvalue weighted by molar-refractivity contribution is 5.85. The minimum Gasteiger partial charge on any atom is -0.496 e. The lowest BCUT2D eigenvalue weighted by Crippen LogP contribution is -2.37. The van der Waals surface area contributed by atoms with Gasteiger partial charge in [0.25, 0.3) is 0 Å². The second-order valence-electron chi connectivity index (χ2n) is 7.19. The van der Waals surface area contributed by atoms with Crippen LogP contribution in [0.15, 0.2) is 47.6 Å². The maximum Gasteiger partial charge on any atom is 0.250 e. The Labute approximate surface area is 197 Å². The van der Waals surface area contributed by atoms with Crippen LogP contribution in [0.2, 0.25) is 0 Å². The number of nitrogens with zero attached hydrogens (tertiary/aromatic N) is 5. The molecule has 0 unspecified atom stereocenters. The topological polar surface area (TPSA) is 115 Å². The molecule has 0 atom stereocenters. The number of para-hydroxylation sites is 1. The van der Waals surface area contributed by atoms with Gasteiger partial charge in [-0.15, -0.1) is 0 Å². The third kappa shape index (κ3) is 5.62. The Morgan fingerprint density at radius 3 is 2.26 bits per heavy atom. The van der Waals surface area contributed by atoms with E-state index in [4.69, 9.17) is 18.9 Å². The van der Waals surface area contributed by atoms with Crippen molar-refractivity contribution in [1.29, 1.82) is 0 Å². The lowest BCUT2D eigenvalue weighted by atomic mass is 10.2. The summed E-state index contributed by atoms with van der Waals surface area (Å²) in [5.74, 6) is 2.95. The van der Waals surface area contributed by atoms with Crippen molar-refractivity contribution >= 4 is 29.7 Å². The number of hydrogen-bond acceptors (Lipinski definition) is 11. The summed E-state index contributed by atoms with van der Waals surface area (Å²) in [6.45, 7) is 2.63. The largest absolute Gasteiger partial charge is 0.496 e. The summed E-state index contributed by atoms with van der Waals surface area (Å²) in [5.41, 5.74) is 4.46. The molecule has 178 valence electrons. The molecule has 1 aliphatic rings. The molecular weight excluding hydrogens is 438 g/mol. The Hall–Kier alpha value is -4.12. The number of nitrogens with one attached hydrogen (secondary N) is 2. The highest BCUT2D eigenvalue weighted by atomic mass is 16.5. The molecule has 0 saturated carbocycles. The number of anilines is 4. The van der Waals surface area contributed by atoms with Gasteiger partial charge in [-0.2, -0.15) is 20.1 Å². The summed E-state index contributed by atoms with van der Waals surface area (Å²) in [4.78, 5) is 15.6. The van der Waals surface area contributed by atoms with Crippen LogP contribution in [0.25, 0.3) is 0 Å². The van der Waals surface area contributed by atoms with Crippen molar-refractivity contribution in [1.82, 2.24) is 15.0 Å². The second-order valence-corrected chi connectivity index (χ2v) is 7.19. The zero-order valence-electron chi connectivity index (χ0n) is 19.3. The molecule has 11 heteroatoms. The van der Waals surface area contributed by atoms with Crippen LogP contribution in [-0.4, -0.2) is 68.8 Å². The standard InChI is InChI=1S/C23H27N7O4/c1-31-18-14-20(33-3)19(32-2)13-16(18)15-24-29-22-26-21(25-17-7-5-4-6-8-17)27-23(28-22)30-9-11-34-12-10-30/h4-8,13-15H,9-12H2,1-3H3,(H2,25,26,27,28,29)/b24-15+. The fraction of sp³-hybridized carbons (Fsp3) is 0.304. The molecule has 3 aromatic rings. The van der Waals surface area contributed by atoms with Crippen molar-refractivity contribution in [3.05, 3.63) is 48.0 Å². The first-order valence-corrected chi connectivity index (χ1v) is 10.7. The van der Waals surface area contributed by atoms with E-state index in [0.29, 0.717) is 67.0 Å². The molecule has 34 heavy (non-hydrogen) atoms. The monoisotopic (exact) mass is 465 g/mol. The van der Waals surface area contributed by atoms with Crippen LogP contribution in [0.1, 0.15) is 5.56 Å². The summed E-state index contributed by atoms with van der Waals surface area (Å²) in [5, 5.41) is 7.53. The van der Waals surface area contributed by atoms with Crippen LogP contribution in [0, 0.1) is 0 Å². The summed E-state index contributed by atoms with van der Waals surface area (Å²) < 4.78 is 21.6. The normalized spacial score (nSPS) is 13.6. The van der Waals surface area contributed by atoms with E-state index < -0.39 is 0 Å². The smallest absolute Gasteiger partial charge is 0.250 e. The first-order valence-electron chi connectivity index (χ1n) is 10.7. The van der Waals surface area contributed by atoms with Crippen molar-refractivity contribution in [2.75, 3.05) is 63.3 Å². The van der Waals surface area contributed by atoms with E-state index in [9.17, 15) is 0 Å². The van der Waals surface area contributed by atoms with E-state index >= 15 is 0 Å². The number of hydrogen-bond donors (Lipinski definition) is 2. The van der Waals surface area contributed by atoms with Crippen molar-refractivity contribution in [2.45, 2.75) is 0 Å².